The second-order valence-electron chi connectivity index (χ2n) is 39.0. The maximum absolute atomic E-state index is 2.69. The molecule has 2 nitrogen and oxygen atoms in total. The zero-order valence-electron chi connectivity index (χ0n) is 79.4. The molecule has 0 saturated heterocycles. The first-order valence-electron chi connectivity index (χ1n) is 51.3. The molecule has 3 aliphatic carbocycles. The Kier molecular flexibility index (Phi) is 33.7. The lowest BCUT2D eigenvalue weighted by Crippen LogP contribution is -2.26. The summed E-state index contributed by atoms with van der Waals surface area (Å²) in [7, 11) is 0. The molecule has 0 aromatic heterocycles. The number of nitrogens with zero attached hydrogens (tertiary/aromatic N) is 2. The minimum absolute atomic E-state index is 0.00566. The summed E-state index contributed by atoms with van der Waals surface area (Å²) >= 11 is 0. The Bertz CT molecular complexity index is 5100. The van der Waals surface area contributed by atoms with Crippen LogP contribution in [0.3, 0.4) is 0 Å². The second kappa shape index (κ2) is 45.6. The SMILES string of the molecule is CCCCCCCCC1(CCCCCCCC)c2cc(-c3ccccc3)ccc2-c2ccc(-c3ccc(N(c4ccc(C)cc4)c4ccc5c(c4)C(CCCCCCCC)(CCCCCCCC)c4cc(N(c6ccc(C)cc6)c6ccc(-c7ccc8c(c7)C(CCCCCCCC)(CCCCCCCC)c7cc(C(C)CC)ccc7-8)cc6)ccc4-5)cc3)cc21. The molecule has 1 unspecified atom stereocenters. The van der Waals surface area contributed by atoms with Crippen LogP contribution in [0, 0.1) is 13.8 Å². The molecule has 14 rings (SSSR count). The van der Waals surface area contributed by atoms with Crippen LogP contribution in [0.5, 0.6) is 0 Å². The molecule has 0 saturated carbocycles. The first-order valence-corrected chi connectivity index (χ1v) is 51.3. The summed E-state index contributed by atoms with van der Waals surface area (Å²) in [4.78, 5) is 5.18. The lowest BCUT2D eigenvalue weighted by atomic mass is 9.69. The predicted molar refractivity (Wildman–Crippen MR) is 547 cm³/mol. The zero-order chi connectivity index (χ0) is 86.8. The van der Waals surface area contributed by atoms with Gasteiger partial charge in [-0.3, -0.25) is 0 Å². The van der Waals surface area contributed by atoms with Crippen molar-refractivity contribution in [1.29, 1.82) is 0 Å². The van der Waals surface area contributed by atoms with Crippen molar-refractivity contribution < 1.29 is 0 Å². The van der Waals surface area contributed by atoms with Crippen LogP contribution in [0.15, 0.2) is 237 Å². The van der Waals surface area contributed by atoms with Crippen LogP contribution in [-0.2, 0) is 16.2 Å². The number of unbranched alkanes of at least 4 members (excludes halogenated alkanes) is 30. The van der Waals surface area contributed by atoms with Gasteiger partial charge in [0, 0.05) is 50.4 Å². The molecule has 0 amide bonds. The van der Waals surface area contributed by atoms with Crippen LogP contribution in [0.25, 0.3) is 66.8 Å². The smallest absolute Gasteiger partial charge is 0.0465 e. The van der Waals surface area contributed by atoms with E-state index < -0.39 is 0 Å². The van der Waals surface area contributed by atoms with E-state index in [1.54, 1.807) is 22.3 Å². The molecule has 125 heavy (non-hydrogen) atoms. The van der Waals surface area contributed by atoms with Gasteiger partial charge in [0.25, 0.3) is 0 Å². The van der Waals surface area contributed by atoms with Crippen molar-refractivity contribution in [2.24, 2.45) is 0 Å². The summed E-state index contributed by atoms with van der Waals surface area (Å²) in [5.74, 6) is 0.537. The highest BCUT2D eigenvalue weighted by atomic mass is 15.1. The fraction of sp³-hybridized carbons (Fsp3) is 0.463. The number of hydrogen-bond acceptors (Lipinski definition) is 2. The standard InChI is InChI=1S/C123H156N2/c1-11-18-24-30-36-45-81-121(82-46-37-31-25-19-12-2)115-87-99(95(10)17-7)61-75-109(115)110-77-63-101(89-117(110)121)97-57-69-105(70-58-97)124(103-65-53-93(8)54-66-103)107-73-79-113-114-80-74-108(92-120(114)123(119(113)91-107,85-49-40-34-28-22-15-5)86-50-41-35-29-23-16-6)125(104-67-55-94(9)56-68-104)106-71-59-98(60-72-106)102-64-78-112-111-76-62-100(96-51-43-42-44-52-96)88-116(111)122(118(112)90-102,83-47-38-32-26-20-13-3)84-48-39-33-27-21-14-4/h42-44,51-80,87-92,95H,11-41,45-50,81-86H2,1-10H3. The summed E-state index contributed by atoms with van der Waals surface area (Å²) in [6, 6.07) is 95.4. The molecular weight excluding hydrogens is 1510 g/mol. The van der Waals surface area contributed by atoms with Crippen LogP contribution in [0.2, 0.25) is 0 Å². The highest BCUT2D eigenvalue weighted by Gasteiger charge is 2.47. The molecule has 1 atom stereocenters. The summed E-state index contributed by atoms with van der Waals surface area (Å²) in [5.41, 5.74) is 37.0. The third-order valence-corrected chi connectivity index (χ3v) is 30.1. The van der Waals surface area contributed by atoms with E-state index in [1.807, 2.05) is 0 Å². The zero-order valence-corrected chi connectivity index (χ0v) is 79.4. The fourth-order valence-electron chi connectivity index (χ4n) is 22.6. The van der Waals surface area contributed by atoms with E-state index in [9.17, 15) is 0 Å². The fourth-order valence-corrected chi connectivity index (χ4v) is 22.6. The highest BCUT2D eigenvalue weighted by molar-refractivity contribution is 5.92. The Morgan fingerprint density at radius 2 is 0.432 bits per heavy atom. The molecule has 0 bridgehead atoms. The van der Waals surface area contributed by atoms with Crippen LogP contribution in [0.1, 0.15) is 387 Å². The molecule has 0 aliphatic heterocycles. The molecule has 11 aromatic rings. The van der Waals surface area contributed by atoms with Gasteiger partial charge in [0.05, 0.1) is 0 Å². The topological polar surface area (TPSA) is 6.48 Å². The quantitative estimate of drug-likeness (QED) is 0.0351. The molecule has 0 N–H and O–H groups in total. The minimum Gasteiger partial charge on any atom is -0.310 e. The lowest BCUT2D eigenvalue weighted by Gasteiger charge is -2.35. The van der Waals surface area contributed by atoms with Gasteiger partial charge in [-0.2, -0.15) is 0 Å². The largest absolute Gasteiger partial charge is 0.310 e. The van der Waals surface area contributed by atoms with Crippen molar-refractivity contribution in [1.82, 2.24) is 0 Å². The molecule has 0 radical (unpaired) electrons. The first-order chi connectivity index (χ1) is 61.4. The van der Waals surface area contributed by atoms with E-state index in [2.05, 4.69) is 316 Å². The highest BCUT2D eigenvalue weighted by Crippen LogP contribution is 2.61. The summed E-state index contributed by atoms with van der Waals surface area (Å²) in [5, 5.41) is 0. The Hall–Kier alpha value is -8.98. The van der Waals surface area contributed by atoms with Gasteiger partial charge in [-0.15, -0.1) is 0 Å². The average molecular weight is 1660 g/mol. The Balaban J connectivity index is 0.841. The van der Waals surface area contributed by atoms with E-state index >= 15 is 0 Å². The van der Waals surface area contributed by atoms with Gasteiger partial charge in [0.1, 0.15) is 0 Å². The average Bonchev–Trinajstić information content (AvgIpc) is 1.56. The summed E-state index contributed by atoms with van der Waals surface area (Å²) in [6.45, 7) is 23.4. The van der Waals surface area contributed by atoms with Crippen molar-refractivity contribution in [2.75, 3.05) is 9.80 Å². The van der Waals surface area contributed by atoms with Gasteiger partial charge in [0.2, 0.25) is 0 Å². The minimum atomic E-state index is -0.199. The van der Waals surface area contributed by atoms with Gasteiger partial charge >= 0.3 is 0 Å². The van der Waals surface area contributed by atoms with Crippen LogP contribution < -0.4 is 9.80 Å². The molecule has 2 heteroatoms. The van der Waals surface area contributed by atoms with Gasteiger partial charge in [-0.05, 0) is 261 Å². The van der Waals surface area contributed by atoms with Gasteiger partial charge < -0.3 is 9.80 Å². The molecule has 0 fully saturated rings. The van der Waals surface area contributed by atoms with Crippen LogP contribution in [-0.4, -0.2) is 0 Å². The molecule has 0 spiro atoms. The van der Waals surface area contributed by atoms with Crippen molar-refractivity contribution >= 4 is 34.1 Å². The number of rotatable bonds is 53. The molecule has 658 valence electrons. The van der Waals surface area contributed by atoms with Crippen molar-refractivity contribution in [3.63, 3.8) is 0 Å². The van der Waals surface area contributed by atoms with E-state index in [0.29, 0.717) is 5.92 Å². The molecule has 11 aromatic carbocycles. The van der Waals surface area contributed by atoms with Crippen molar-refractivity contribution in [3.05, 3.63) is 287 Å². The predicted octanol–water partition coefficient (Wildman–Crippen LogP) is 39.1. The number of fused-ring (bicyclic) bond motifs is 9. The summed E-state index contributed by atoms with van der Waals surface area (Å²) in [6.07, 6.45) is 55.1. The lowest BCUT2D eigenvalue weighted by molar-refractivity contribution is 0.397. The second-order valence-corrected chi connectivity index (χ2v) is 39.0. The number of aryl methyl sites for hydroxylation is 2. The Morgan fingerprint density at radius 3 is 0.720 bits per heavy atom. The van der Waals surface area contributed by atoms with Gasteiger partial charge in [-0.1, -0.05) is 443 Å². The summed E-state index contributed by atoms with van der Waals surface area (Å²) < 4.78 is 0. The maximum Gasteiger partial charge on any atom is 0.0465 e. The van der Waals surface area contributed by atoms with E-state index in [1.165, 1.54) is 386 Å². The van der Waals surface area contributed by atoms with Crippen molar-refractivity contribution in [3.8, 4) is 66.8 Å². The third-order valence-electron chi connectivity index (χ3n) is 30.1. The molecule has 0 heterocycles. The molecular formula is C123H156N2. The maximum atomic E-state index is 2.69. The molecule has 3 aliphatic rings. The van der Waals surface area contributed by atoms with Gasteiger partial charge in [0.15, 0.2) is 0 Å². The van der Waals surface area contributed by atoms with Crippen LogP contribution >= 0.6 is 0 Å². The van der Waals surface area contributed by atoms with Crippen LogP contribution in [0.4, 0.5) is 34.1 Å². The Labute approximate surface area is 759 Å². The van der Waals surface area contributed by atoms with Crippen molar-refractivity contribution in [2.45, 2.75) is 367 Å². The Morgan fingerprint density at radius 1 is 0.208 bits per heavy atom. The van der Waals surface area contributed by atoms with Gasteiger partial charge in [-0.25, -0.2) is 0 Å². The third kappa shape index (κ3) is 21.6. The van der Waals surface area contributed by atoms with E-state index in [-0.39, 0.29) is 16.2 Å². The number of hydrogen-bond donors (Lipinski definition) is 0. The van der Waals surface area contributed by atoms with E-state index in [4.69, 9.17) is 0 Å². The first kappa shape index (κ1) is 92.2. The normalized spacial score (nSPS) is 13.8. The number of benzene rings is 11. The monoisotopic (exact) mass is 1660 g/mol. The van der Waals surface area contributed by atoms with E-state index in [0.717, 1.165) is 19.3 Å². The number of anilines is 6.